The van der Waals surface area contributed by atoms with E-state index in [-0.39, 0.29) is 11.0 Å². The summed E-state index contributed by atoms with van der Waals surface area (Å²) in [6.07, 6.45) is 0.512. The molecule has 1 aromatic rings. The second-order valence-corrected chi connectivity index (χ2v) is 5.43. The SMILES string of the molecule is CC(C)(O)C(C)(C)OB(O)c1cc(F)ccc1C=O. The van der Waals surface area contributed by atoms with Gasteiger partial charge in [-0.3, -0.25) is 4.79 Å². The van der Waals surface area contributed by atoms with Gasteiger partial charge in [0.2, 0.25) is 0 Å². The highest BCUT2D eigenvalue weighted by atomic mass is 19.1. The Kier molecular flexibility index (Phi) is 4.50. The number of halogens is 1. The van der Waals surface area contributed by atoms with E-state index >= 15 is 0 Å². The van der Waals surface area contributed by atoms with Gasteiger partial charge in [0.25, 0.3) is 0 Å². The quantitative estimate of drug-likeness (QED) is 0.615. The molecule has 0 heterocycles. The first-order valence-electron chi connectivity index (χ1n) is 5.91. The second-order valence-electron chi connectivity index (χ2n) is 5.43. The summed E-state index contributed by atoms with van der Waals surface area (Å²) in [5, 5.41) is 19.9. The third kappa shape index (κ3) is 3.62. The average molecular weight is 268 g/mol. The molecule has 0 fully saturated rings. The molecular weight excluding hydrogens is 250 g/mol. The van der Waals surface area contributed by atoms with Crippen LogP contribution in [0.1, 0.15) is 38.1 Å². The first kappa shape index (κ1) is 15.8. The van der Waals surface area contributed by atoms with E-state index in [0.717, 1.165) is 12.1 Å². The minimum Gasteiger partial charge on any atom is -0.423 e. The Balaban J connectivity index is 3.05. The molecule has 4 nitrogen and oxygen atoms in total. The zero-order chi connectivity index (χ0) is 14.8. The fourth-order valence-electron chi connectivity index (χ4n) is 1.35. The number of carbonyl (C=O) groups is 1. The van der Waals surface area contributed by atoms with Crippen LogP contribution in [-0.2, 0) is 4.65 Å². The van der Waals surface area contributed by atoms with Crippen LogP contribution in [0.25, 0.3) is 0 Å². The van der Waals surface area contributed by atoms with Crippen molar-refractivity contribution in [2.75, 3.05) is 0 Å². The Hall–Kier alpha value is -1.24. The molecule has 104 valence electrons. The normalized spacial score (nSPS) is 12.4. The molecule has 0 spiro atoms. The number of carbonyl (C=O) groups excluding carboxylic acids is 1. The molecule has 0 atom stereocenters. The van der Waals surface area contributed by atoms with Gasteiger partial charge >= 0.3 is 7.12 Å². The number of aliphatic hydroxyl groups is 1. The highest BCUT2D eigenvalue weighted by Gasteiger charge is 2.40. The molecule has 19 heavy (non-hydrogen) atoms. The predicted octanol–water partition coefficient (Wildman–Crippen LogP) is 0.892. The molecule has 0 radical (unpaired) electrons. The summed E-state index contributed by atoms with van der Waals surface area (Å²) >= 11 is 0. The van der Waals surface area contributed by atoms with Gasteiger partial charge in [-0.2, -0.15) is 0 Å². The smallest absolute Gasteiger partial charge is 0.423 e. The standard InChI is InChI=1S/C13H18BFO4/c1-12(2,17)13(3,4)19-14(18)11-7-10(15)6-5-9(11)8-16/h5-8,17-18H,1-4H3. The molecule has 0 amide bonds. The molecule has 1 rings (SSSR count). The number of hydrogen-bond acceptors (Lipinski definition) is 4. The van der Waals surface area contributed by atoms with Crippen molar-refractivity contribution in [1.29, 1.82) is 0 Å². The van der Waals surface area contributed by atoms with Crippen molar-refractivity contribution in [3.8, 4) is 0 Å². The summed E-state index contributed by atoms with van der Waals surface area (Å²) in [7, 11) is -1.50. The Bertz CT molecular complexity index is 468. The highest BCUT2D eigenvalue weighted by molar-refractivity contribution is 6.61. The van der Waals surface area contributed by atoms with Gasteiger partial charge in [-0.05, 0) is 51.4 Å². The topological polar surface area (TPSA) is 66.8 Å². The van der Waals surface area contributed by atoms with E-state index in [4.69, 9.17) is 4.65 Å². The maximum atomic E-state index is 13.2. The van der Waals surface area contributed by atoms with Crippen molar-refractivity contribution in [2.24, 2.45) is 0 Å². The molecule has 0 bridgehead atoms. The van der Waals surface area contributed by atoms with Crippen molar-refractivity contribution in [3.63, 3.8) is 0 Å². The first-order chi connectivity index (χ1) is 8.58. The van der Waals surface area contributed by atoms with Crippen LogP contribution in [0, 0.1) is 5.82 Å². The van der Waals surface area contributed by atoms with Gasteiger partial charge in [-0.25, -0.2) is 4.39 Å². The summed E-state index contributed by atoms with van der Waals surface area (Å²) < 4.78 is 18.5. The van der Waals surface area contributed by atoms with Crippen molar-refractivity contribution < 1.29 is 24.0 Å². The molecule has 0 unspecified atom stereocenters. The first-order valence-corrected chi connectivity index (χ1v) is 5.91. The average Bonchev–Trinajstić information content (AvgIpc) is 2.26. The van der Waals surface area contributed by atoms with E-state index < -0.39 is 24.1 Å². The van der Waals surface area contributed by atoms with Crippen LogP contribution in [0.4, 0.5) is 4.39 Å². The van der Waals surface area contributed by atoms with Crippen LogP contribution in [0.3, 0.4) is 0 Å². The largest absolute Gasteiger partial charge is 0.492 e. The third-order valence-corrected chi connectivity index (χ3v) is 3.32. The third-order valence-electron chi connectivity index (χ3n) is 3.32. The minimum atomic E-state index is -1.50. The van der Waals surface area contributed by atoms with Gasteiger partial charge < -0.3 is 14.8 Å². The molecule has 2 N–H and O–H groups in total. The van der Waals surface area contributed by atoms with E-state index in [1.807, 2.05) is 0 Å². The van der Waals surface area contributed by atoms with Crippen molar-refractivity contribution in [3.05, 3.63) is 29.6 Å². The Labute approximate surface area is 112 Å². The molecule has 0 saturated carbocycles. The zero-order valence-electron chi connectivity index (χ0n) is 11.5. The van der Waals surface area contributed by atoms with Gasteiger partial charge in [0.1, 0.15) is 12.1 Å². The Morgan fingerprint density at radius 1 is 1.32 bits per heavy atom. The summed E-state index contributed by atoms with van der Waals surface area (Å²) in [5.41, 5.74) is -2.13. The van der Waals surface area contributed by atoms with Crippen LogP contribution in [0.15, 0.2) is 18.2 Å². The van der Waals surface area contributed by atoms with E-state index in [9.17, 15) is 19.3 Å². The van der Waals surface area contributed by atoms with E-state index in [1.165, 1.54) is 19.9 Å². The lowest BCUT2D eigenvalue weighted by molar-refractivity contribution is -0.0982. The summed E-state index contributed by atoms with van der Waals surface area (Å²) in [4.78, 5) is 10.9. The van der Waals surface area contributed by atoms with Gasteiger partial charge in [-0.1, -0.05) is 0 Å². The predicted molar refractivity (Wildman–Crippen MR) is 70.9 cm³/mol. The number of hydrogen-bond donors (Lipinski definition) is 2. The molecule has 0 aliphatic rings. The van der Waals surface area contributed by atoms with Gasteiger partial charge in [0.15, 0.2) is 0 Å². The molecule has 0 aliphatic heterocycles. The van der Waals surface area contributed by atoms with Crippen molar-refractivity contribution in [1.82, 2.24) is 0 Å². The van der Waals surface area contributed by atoms with Crippen LogP contribution in [0.2, 0.25) is 0 Å². The Morgan fingerprint density at radius 3 is 2.37 bits per heavy atom. The number of rotatable bonds is 5. The summed E-state index contributed by atoms with van der Waals surface area (Å²) in [6.45, 7) is 6.25. The van der Waals surface area contributed by atoms with Crippen LogP contribution < -0.4 is 5.46 Å². The van der Waals surface area contributed by atoms with Crippen LogP contribution >= 0.6 is 0 Å². The molecule has 6 heteroatoms. The minimum absolute atomic E-state index is 0.0346. The second kappa shape index (κ2) is 5.40. The summed E-state index contributed by atoms with van der Waals surface area (Å²) in [6, 6.07) is 3.43. The lowest BCUT2D eigenvalue weighted by atomic mass is 9.74. The van der Waals surface area contributed by atoms with E-state index in [2.05, 4.69) is 0 Å². The maximum absolute atomic E-state index is 13.2. The van der Waals surface area contributed by atoms with Crippen LogP contribution in [-0.4, -0.2) is 34.7 Å². The molecular formula is C13H18BFO4. The monoisotopic (exact) mass is 268 g/mol. The van der Waals surface area contributed by atoms with E-state index in [0.29, 0.717) is 6.29 Å². The molecule has 0 aliphatic carbocycles. The van der Waals surface area contributed by atoms with Crippen molar-refractivity contribution in [2.45, 2.75) is 38.9 Å². The Morgan fingerprint density at radius 2 is 1.89 bits per heavy atom. The summed E-state index contributed by atoms with van der Waals surface area (Å²) in [5.74, 6) is -0.579. The zero-order valence-corrected chi connectivity index (χ0v) is 11.5. The van der Waals surface area contributed by atoms with Gasteiger partial charge in [-0.15, -0.1) is 0 Å². The molecule has 1 aromatic carbocycles. The lowest BCUT2D eigenvalue weighted by Gasteiger charge is -2.38. The number of benzene rings is 1. The highest BCUT2D eigenvalue weighted by Crippen LogP contribution is 2.25. The fraction of sp³-hybridized carbons (Fsp3) is 0.462. The van der Waals surface area contributed by atoms with Gasteiger partial charge in [0.05, 0.1) is 11.2 Å². The molecule has 0 aromatic heterocycles. The fourth-order valence-corrected chi connectivity index (χ4v) is 1.35. The van der Waals surface area contributed by atoms with Crippen molar-refractivity contribution >= 4 is 18.9 Å². The number of aldehydes is 1. The molecule has 0 saturated heterocycles. The van der Waals surface area contributed by atoms with E-state index in [1.54, 1.807) is 13.8 Å². The lowest BCUT2D eigenvalue weighted by Crippen LogP contribution is -2.53. The maximum Gasteiger partial charge on any atom is 0.492 e. The van der Waals surface area contributed by atoms with Crippen LogP contribution in [0.5, 0.6) is 0 Å². The van der Waals surface area contributed by atoms with Gasteiger partial charge in [0, 0.05) is 5.56 Å².